The number of rotatable bonds is 3. The molecule has 0 atom stereocenters. The number of carbonyl (C=O) groups excluding carboxylic acids is 1. The van der Waals surface area contributed by atoms with E-state index in [1.807, 2.05) is 42.2 Å². The maximum absolute atomic E-state index is 13.6. The van der Waals surface area contributed by atoms with Crippen LogP contribution in [-0.4, -0.2) is 47.3 Å². The molecule has 8 nitrogen and oxygen atoms in total. The minimum Gasteiger partial charge on any atom is -0.492 e. The van der Waals surface area contributed by atoms with Crippen LogP contribution >= 0.6 is 0 Å². The molecule has 1 spiro atoms. The highest BCUT2D eigenvalue weighted by atomic mass is 16.5. The average Bonchev–Trinajstić information content (AvgIpc) is 3.65. The summed E-state index contributed by atoms with van der Waals surface area (Å²) in [5.74, 6) is 2.02. The second-order valence-electron chi connectivity index (χ2n) is 10.6. The number of hydrogen-bond donors (Lipinski definition) is 1. The van der Waals surface area contributed by atoms with Gasteiger partial charge in [-0.1, -0.05) is 6.07 Å². The number of fused-ring (bicyclic) bond motifs is 3. The number of aromatic nitrogens is 3. The zero-order valence-corrected chi connectivity index (χ0v) is 21.6. The number of anilines is 1. The number of nitrogens with one attached hydrogen (secondary N) is 1. The zero-order valence-electron chi connectivity index (χ0n) is 21.6. The van der Waals surface area contributed by atoms with Crippen molar-refractivity contribution in [3.05, 3.63) is 76.8 Å². The highest BCUT2D eigenvalue weighted by Gasteiger charge is 2.43. The molecule has 2 aromatic carbocycles. The van der Waals surface area contributed by atoms with Crippen LogP contribution in [0.1, 0.15) is 45.8 Å². The standard InChI is InChI=1S/C30H29N5O3/c1-18-13-21(28-34-33-19(2)38-28)3-5-23(18)25-6-4-22(16-32-25)29(36)35-12-7-20-14-27-24(15-26(20)35)30(17-37-27)8-10-31-11-9-30/h3-6,13-16,31H,7-12,17H2,1-2H3. The van der Waals surface area contributed by atoms with E-state index in [4.69, 9.17) is 9.15 Å². The number of nitrogens with zero attached hydrogens (tertiary/aromatic N) is 4. The number of pyridine rings is 1. The van der Waals surface area contributed by atoms with Gasteiger partial charge in [-0.15, -0.1) is 10.2 Å². The minimum absolute atomic E-state index is 0.0140. The Morgan fingerprint density at radius 1 is 1.05 bits per heavy atom. The molecule has 1 N–H and O–H groups in total. The molecule has 0 bridgehead atoms. The Bertz CT molecular complexity index is 1550. The van der Waals surface area contributed by atoms with Crippen molar-refractivity contribution >= 4 is 11.6 Å². The van der Waals surface area contributed by atoms with Gasteiger partial charge in [0.25, 0.3) is 5.91 Å². The van der Waals surface area contributed by atoms with Gasteiger partial charge < -0.3 is 19.4 Å². The molecule has 0 unspecified atom stereocenters. The van der Waals surface area contributed by atoms with Gasteiger partial charge in [0.2, 0.25) is 11.8 Å². The predicted octanol–water partition coefficient (Wildman–Crippen LogP) is 4.63. The van der Waals surface area contributed by atoms with Gasteiger partial charge in [-0.3, -0.25) is 9.78 Å². The minimum atomic E-state index is -0.0140. The van der Waals surface area contributed by atoms with Gasteiger partial charge in [-0.25, -0.2) is 0 Å². The number of aryl methyl sites for hydroxylation is 2. The van der Waals surface area contributed by atoms with E-state index in [1.165, 1.54) is 11.1 Å². The van der Waals surface area contributed by atoms with Crippen molar-refractivity contribution in [2.45, 2.75) is 38.5 Å². The second kappa shape index (κ2) is 8.77. The lowest BCUT2D eigenvalue weighted by Crippen LogP contribution is -2.41. The summed E-state index contributed by atoms with van der Waals surface area (Å²) in [4.78, 5) is 20.2. The van der Waals surface area contributed by atoms with E-state index in [0.29, 0.717) is 23.9 Å². The van der Waals surface area contributed by atoms with Gasteiger partial charge in [0, 0.05) is 47.5 Å². The van der Waals surface area contributed by atoms with Crippen molar-refractivity contribution in [3.63, 3.8) is 0 Å². The molecule has 7 rings (SSSR count). The predicted molar refractivity (Wildman–Crippen MR) is 144 cm³/mol. The van der Waals surface area contributed by atoms with Crippen molar-refractivity contribution in [3.8, 4) is 28.5 Å². The van der Waals surface area contributed by atoms with Crippen LogP contribution in [0.25, 0.3) is 22.7 Å². The molecule has 1 amide bonds. The summed E-state index contributed by atoms with van der Waals surface area (Å²) in [6, 6.07) is 14.2. The quantitative estimate of drug-likeness (QED) is 0.432. The molecule has 1 saturated heterocycles. The molecule has 5 heterocycles. The first kappa shape index (κ1) is 23.1. The van der Waals surface area contributed by atoms with Crippen LogP contribution in [0.3, 0.4) is 0 Å². The summed E-state index contributed by atoms with van der Waals surface area (Å²) in [5.41, 5.74) is 7.84. The van der Waals surface area contributed by atoms with Gasteiger partial charge in [-0.05, 0) is 86.8 Å². The molecule has 3 aliphatic rings. The Morgan fingerprint density at radius 3 is 2.66 bits per heavy atom. The lowest BCUT2D eigenvalue weighted by Gasteiger charge is -2.33. The number of benzene rings is 2. The molecule has 0 saturated carbocycles. The Kier molecular flexibility index (Phi) is 5.33. The molecule has 0 aliphatic carbocycles. The van der Waals surface area contributed by atoms with E-state index in [9.17, 15) is 4.79 Å². The van der Waals surface area contributed by atoms with Crippen molar-refractivity contribution in [1.29, 1.82) is 0 Å². The fourth-order valence-electron chi connectivity index (χ4n) is 6.10. The van der Waals surface area contributed by atoms with Crippen LogP contribution in [0.5, 0.6) is 5.75 Å². The summed E-state index contributed by atoms with van der Waals surface area (Å²) in [5, 5.41) is 11.5. The van der Waals surface area contributed by atoms with Gasteiger partial charge in [0.15, 0.2) is 0 Å². The highest BCUT2D eigenvalue weighted by Crippen LogP contribution is 2.48. The van der Waals surface area contributed by atoms with E-state index in [0.717, 1.165) is 72.8 Å². The Morgan fingerprint density at radius 2 is 1.92 bits per heavy atom. The fourth-order valence-corrected chi connectivity index (χ4v) is 6.10. The topological polar surface area (TPSA) is 93.4 Å². The monoisotopic (exact) mass is 507 g/mol. The van der Waals surface area contributed by atoms with Gasteiger partial charge >= 0.3 is 0 Å². The molecule has 38 heavy (non-hydrogen) atoms. The van der Waals surface area contributed by atoms with Crippen LogP contribution < -0.4 is 15.0 Å². The van der Waals surface area contributed by atoms with Crippen LogP contribution in [0.2, 0.25) is 0 Å². The first-order valence-corrected chi connectivity index (χ1v) is 13.2. The lowest BCUT2D eigenvalue weighted by molar-refractivity contribution is 0.0989. The molecule has 3 aliphatic heterocycles. The maximum atomic E-state index is 13.6. The first-order chi connectivity index (χ1) is 18.5. The number of hydrogen-bond acceptors (Lipinski definition) is 7. The lowest BCUT2D eigenvalue weighted by atomic mass is 9.74. The molecule has 192 valence electrons. The second-order valence-corrected chi connectivity index (χ2v) is 10.6. The summed E-state index contributed by atoms with van der Waals surface area (Å²) in [7, 11) is 0. The Labute approximate surface area is 221 Å². The van der Waals surface area contributed by atoms with Crippen molar-refractivity contribution < 1.29 is 13.9 Å². The summed E-state index contributed by atoms with van der Waals surface area (Å²) in [6.07, 6.45) is 4.65. The van der Waals surface area contributed by atoms with E-state index >= 15 is 0 Å². The largest absolute Gasteiger partial charge is 0.492 e. The zero-order chi connectivity index (χ0) is 25.9. The van der Waals surface area contributed by atoms with Crippen LogP contribution in [-0.2, 0) is 11.8 Å². The summed E-state index contributed by atoms with van der Waals surface area (Å²) >= 11 is 0. The smallest absolute Gasteiger partial charge is 0.259 e. The van der Waals surface area contributed by atoms with E-state index in [-0.39, 0.29) is 11.3 Å². The van der Waals surface area contributed by atoms with Gasteiger partial charge in [0.05, 0.1) is 17.9 Å². The molecular formula is C30H29N5O3. The molecule has 8 heteroatoms. The normalized spacial score (nSPS) is 17.4. The third kappa shape index (κ3) is 3.70. The van der Waals surface area contributed by atoms with Crippen LogP contribution in [0, 0.1) is 13.8 Å². The van der Waals surface area contributed by atoms with E-state index in [2.05, 4.69) is 32.6 Å². The third-order valence-electron chi connectivity index (χ3n) is 8.24. The first-order valence-electron chi connectivity index (χ1n) is 13.2. The van der Waals surface area contributed by atoms with Crippen molar-refractivity contribution in [2.24, 2.45) is 0 Å². The van der Waals surface area contributed by atoms with Gasteiger partial charge in [-0.2, -0.15) is 0 Å². The van der Waals surface area contributed by atoms with E-state index in [1.54, 1.807) is 13.1 Å². The fraction of sp³-hybridized carbons (Fsp3) is 0.333. The number of carbonyl (C=O) groups is 1. The van der Waals surface area contributed by atoms with Crippen molar-refractivity contribution in [2.75, 3.05) is 31.1 Å². The maximum Gasteiger partial charge on any atom is 0.259 e. The van der Waals surface area contributed by atoms with Crippen LogP contribution in [0.15, 0.2) is 53.1 Å². The van der Waals surface area contributed by atoms with E-state index < -0.39 is 0 Å². The highest BCUT2D eigenvalue weighted by molar-refractivity contribution is 6.07. The van der Waals surface area contributed by atoms with Crippen LogP contribution in [0.4, 0.5) is 5.69 Å². The molecule has 1 fully saturated rings. The molecule has 0 radical (unpaired) electrons. The number of ether oxygens (including phenoxy) is 1. The number of piperidine rings is 1. The third-order valence-corrected chi connectivity index (χ3v) is 8.24. The van der Waals surface area contributed by atoms with Gasteiger partial charge in [0.1, 0.15) is 5.75 Å². The Hall–Kier alpha value is -4.04. The molecule has 4 aromatic rings. The average molecular weight is 508 g/mol. The molecular weight excluding hydrogens is 478 g/mol. The number of amides is 1. The summed E-state index contributed by atoms with van der Waals surface area (Å²) < 4.78 is 11.7. The summed E-state index contributed by atoms with van der Waals surface area (Å²) in [6.45, 7) is 7.21. The molecule has 2 aromatic heterocycles. The van der Waals surface area contributed by atoms with Crippen molar-refractivity contribution in [1.82, 2.24) is 20.5 Å². The Balaban J connectivity index is 1.14. The SMILES string of the molecule is Cc1nnc(-c2ccc(-c3ccc(C(=O)N4CCc5cc6c(cc54)C4(CCNCC4)CO6)cn3)c(C)c2)o1.